The summed E-state index contributed by atoms with van der Waals surface area (Å²) in [6.45, 7) is 3.39. The van der Waals surface area contributed by atoms with Gasteiger partial charge in [-0.1, -0.05) is 17.7 Å². The molecule has 3 rings (SSSR count). The summed E-state index contributed by atoms with van der Waals surface area (Å²) < 4.78 is 10.6. The lowest BCUT2D eigenvalue weighted by molar-refractivity contribution is -0.384. The minimum absolute atomic E-state index is 0.0478. The van der Waals surface area contributed by atoms with Crippen molar-refractivity contribution < 1.29 is 23.7 Å². The molecule has 0 aliphatic carbocycles. The number of benzene rings is 2. The molecule has 0 aliphatic heterocycles. The summed E-state index contributed by atoms with van der Waals surface area (Å²) in [5.74, 6) is -0.981. The van der Waals surface area contributed by atoms with E-state index in [0.29, 0.717) is 17.0 Å². The van der Waals surface area contributed by atoms with E-state index in [1.54, 1.807) is 18.2 Å². The SMILES string of the molecule is Cc1ccc(NC(=O)[C@H](C)OC(=O)c2ccc(-c3ccc([N+](=O)[O-])cc3)o2)cc1. The van der Waals surface area contributed by atoms with E-state index in [1.807, 2.05) is 19.1 Å². The molecule has 1 atom stereocenters. The molecule has 0 spiro atoms. The van der Waals surface area contributed by atoms with Crippen molar-refractivity contribution in [2.45, 2.75) is 20.0 Å². The van der Waals surface area contributed by atoms with Gasteiger partial charge >= 0.3 is 5.97 Å². The second-order valence-electron chi connectivity index (χ2n) is 6.37. The highest BCUT2D eigenvalue weighted by Gasteiger charge is 2.21. The number of anilines is 1. The molecule has 0 radical (unpaired) electrons. The monoisotopic (exact) mass is 394 g/mol. The van der Waals surface area contributed by atoms with Gasteiger partial charge < -0.3 is 14.5 Å². The van der Waals surface area contributed by atoms with Gasteiger partial charge in [-0.25, -0.2) is 4.79 Å². The van der Waals surface area contributed by atoms with Crippen molar-refractivity contribution in [3.05, 3.63) is 82.1 Å². The molecule has 0 bridgehead atoms. The summed E-state index contributed by atoms with van der Waals surface area (Å²) in [6, 6.07) is 15.9. The Morgan fingerprint density at radius 3 is 2.31 bits per heavy atom. The number of nitrogens with zero attached hydrogens (tertiary/aromatic N) is 1. The summed E-state index contributed by atoms with van der Waals surface area (Å²) in [6.07, 6.45) is -1.03. The number of carbonyl (C=O) groups excluding carboxylic acids is 2. The Morgan fingerprint density at radius 2 is 1.69 bits per heavy atom. The Bertz CT molecular complexity index is 1040. The van der Waals surface area contributed by atoms with Gasteiger partial charge in [0.15, 0.2) is 6.10 Å². The van der Waals surface area contributed by atoms with Crippen molar-refractivity contribution in [2.24, 2.45) is 0 Å². The Balaban J connectivity index is 1.62. The fourth-order valence-electron chi connectivity index (χ4n) is 2.50. The molecule has 1 aromatic heterocycles. The van der Waals surface area contributed by atoms with Crippen LogP contribution < -0.4 is 5.32 Å². The maximum absolute atomic E-state index is 12.3. The molecule has 1 N–H and O–H groups in total. The highest BCUT2D eigenvalue weighted by Crippen LogP contribution is 2.25. The summed E-state index contributed by atoms with van der Waals surface area (Å²) in [5, 5.41) is 13.4. The van der Waals surface area contributed by atoms with E-state index in [4.69, 9.17) is 9.15 Å². The van der Waals surface area contributed by atoms with E-state index in [1.165, 1.54) is 37.3 Å². The van der Waals surface area contributed by atoms with Crippen molar-refractivity contribution in [1.82, 2.24) is 0 Å². The molecule has 0 saturated carbocycles. The number of rotatable bonds is 6. The average molecular weight is 394 g/mol. The topological polar surface area (TPSA) is 112 Å². The lowest BCUT2D eigenvalue weighted by Crippen LogP contribution is -2.29. The average Bonchev–Trinajstić information content (AvgIpc) is 3.20. The first-order valence-corrected chi connectivity index (χ1v) is 8.76. The van der Waals surface area contributed by atoms with Crippen molar-refractivity contribution in [1.29, 1.82) is 0 Å². The van der Waals surface area contributed by atoms with Crippen LogP contribution in [0.3, 0.4) is 0 Å². The summed E-state index contributed by atoms with van der Waals surface area (Å²) in [4.78, 5) is 34.7. The number of nitro benzene ring substituents is 1. The first-order valence-electron chi connectivity index (χ1n) is 8.76. The maximum Gasteiger partial charge on any atom is 0.375 e. The predicted molar refractivity (Wildman–Crippen MR) is 105 cm³/mol. The third kappa shape index (κ3) is 4.86. The zero-order chi connectivity index (χ0) is 21.0. The number of aryl methyl sites for hydroxylation is 1. The Hall–Kier alpha value is -3.94. The normalized spacial score (nSPS) is 11.5. The second-order valence-corrected chi connectivity index (χ2v) is 6.37. The molecule has 1 heterocycles. The first-order chi connectivity index (χ1) is 13.8. The summed E-state index contributed by atoms with van der Waals surface area (Å²) in [5.41, 5.74) is 2.18. The first kappa shape index (κ1) is 19.8. The van der Waals surface area contributed by atoms with Crippen LogP contribution in [0, 0.1) is 17.0 Å². The van der Waals surface area contributed by atoms with Crippen LogP contribution in [0.2, 0.25) is 0 Å². The van der Waals surface area contributed by atoms with Crippen LogP contribution in [0.5, 0.6) is 0 Å². The zero-order valence-corrected chi connectivity index (χ0v) is 15.7. The number of non-ortho nitro benzene ring substituents is 1. The van der Waals surface area contributed by atoms with E-state index in [9.17, 15) is 19.7 Å². The van der Waals surface area contributed by atoms with Crippen molar-refractivity contribution in [3.8, 4) is 11.3 Å². The van der Waals surface area contributed by atoms with Gasteiger partial charge in [-0.15, -0.1) is 0 Å². The molecule has 0 fully saturated rings. The van der Waals surface area contributed by atoms with Gasteiger partial charge in [0.25, 0.3) is 11.6 Å². The molecule has 8 heteroatoms. The number of amides is 1. The van der Waals surface area contributed by atoms with Crippen molar-refractivity contribution >= 4 is 23.3 Å². The molecular formula is C21H18N2O6. The van der Waals surface area contributed by atoms with Crippen LogP contribution in [0.25, 0.3) is 11.3 Å². The number of hydrogen-bond donors (Lipinski definition) is 1. The fraction of sp³-hybridized carbons (Fsp3) is 0.143. The van der Waals surface area contributed by atoms with E-state index >= 15 is 0 Å². The number of carbonyl (C=O) groups is 2. The standard InChI is InChI=1S/C21H18N2O6/c1-13-3-7-16(8-4-13)22-20(24)14(2)28-21(25)19-12-11-18(29-19)15-5-9-17(10-6-15)23(26)27/h3-12,14H,1-2H3,(H,22,24)/t14-/m0/s1. The van der Waals surface area contributed by atoms with Gasteiger partial charge in [0.05, 0.1) is 4.92 Å². The third-order valence-corrected chi connectivity index (χ3v) is 4.14. The van der Waals surface area contributed by atoms with Crippen LogP contribution in [-0.2, 0) is 9.53 Å². The molecule has 0 unspecified atom stereocenters. The number of furan rings is 1. The molecular weight excluding hydrogens is 376 g/mol. The van der Waals surface area contributed by atoms with Gasteiger partial charge in [-0.2, -0.15) is 0 Å². The zero-order valence-electron chi connectivity index (χ0n) is 15.7. The predicted octanol–water partition coefficient (Wildman–Crippen LogP) is 4.35. The minimum Gasteiger partial charge on any atom is -0.449 e. The van der Waals surface area contributed by atoms with E-state index in [0.717, 1.165) is 5.56 Å². The van der Waals surface area contributed by atoms with Gasteiger partial charge in [0.1, 0.15) is 5.76 Å². The number of nitro groups is 1. The second kappa shape index (κ2) is 8.39. The van der Waals surface area contributed by atoms with Crippen molar-refractivity contribution in [3.63, 3.8) is 0 Å². The van der Waals surface area contributed by atoms with Gasteiger partial charge in [0.2, 0.25) is 5.76 Å². The lowest BCUT2D eigenvalue weighted by Gasteiger charge is -2.12. The van der Waals surface area contributed by atoms with E-state index in [2.05, 4.69) is 5.32 Å². The highest BCUT2D eigenvalue weighted by molar-refractivity contribution is 5.96. The number of nitrogens with one attached hydrogen (secondary N) is 1. The Kier molecular flexibility index (Phi) is 5.73. The van der Waals surface area contributed by atoms with Gasteiger partial charge in [-0.3, -0.25) is 14.9 Å². The lowest BCUT2D eigenvalue weighted by atomic mass is 10.1. The van der Waals surface area contributed by atoms with Crippen LogP contribution in [-0.4, -0.2) is 22.9 Å². The minimum atomic E-state index is -1.03. The largest absolute Gasteiger partial charge is 0.449 e. The molecule has 1 amide bonds. The summed E-state index contributed by atoms with van der Waals surface area (Å²) >= 11 is 0. The van der Waals surface area contributed by atoms with Gasteiger partial charge in [0, 0.05) is 23.4 Å². The molecule has 148 valence electrons. The quantitative estimate of drug-likeness (QED) is 0.378. The maximum atomic E-state index is 12.3. The molecule has 0 saturated heterocycles. The Morgan fingerprint density at radius 1 is 1.03 bits per heavy atom. The van der Waals surface area contributed by atoms with Crippen molar-refractivity contribution in [2.75, 3.05) is 5.32 Å². The molecule has 29 heavy (non-hydrogen) atoms. The van der Waals surface area contributed by atoms with E-state index < -0.39 is 22.9 Å². The van der Waals surface area contributed by atoms with Gasteiger partial charge in [-0.05, 0) is 50.2 Å². The molecule has 3 aromatic rings. The number of esters is 1. The third-order valence-electron chi connectivity index (χ3n) is 4.14. The van der Waals surface area contributed by atoms with E-state index in [-0.39, 0.29) is 11.4 Å². The van der Waals surface area contributed by atoms with Crippen LogP contribution in [0.4, 0.5) is 11.4 Å². The number of ether oxygens (including phenoxy) is 1. The molecule has 8 nitrogen and oxygen atoms in total. The summed E-state index contributed by atoms with van der Waals surface area (Å²) in [7, 11) is 0. The number of hydrogen-bond acceptors (Lipinski definition) is 6. The van der Waals surface area contributed by atoms with Crippen LogP contribution in [0.15, 0.2) is 65.1 Å². The highest BCUT2D eigenvalue weighted by atomic mass is 16.6. The van der Waals surface area contributed by atoms with Crippen LogP contribution >= 0.6 is 0 Å². The smallest absolute Gasteiger partial charge is 0.375 e. The molecule has 2 aromatic carbocycles. The fourth-order valence-corrected chi connectivity index (χ4v) is 2.50. The molecule has 0 aliphatic rings. The Labute approximate surface area is 166 Å². The van der Waals surface area contributed by atoms with Crippen LogP contribution in [0.1, 0.15) is 23.0 Å².